The van der Waals surface area contributed by atoms with Crippen LogP contribution < -0.4 is 4.74 Å². The van der Waals surface area contributed by atoms with Crippen LogP contribution in [-0.4, -0.2) is 57.7 Å². The zero-order valence-corrected chi connectivity index (χ0v) is 25.0. The Labute approximate surface area is 230 Å². The van der Waals surface area contributed by atoms with Gasteiger partial charge in [0, 0.05) is 6.42 Å². The summed E-state index contributed by atoms with van der Waals surface area (Å²) in [4.78, 5) is 52.4. The predicted octanol–water partition coefficient (Wildman–Crippen LogP) is 6.56. The minimum atomic E-state index is -1.69. The Hall–Kier alpha value is -3.37. The van der Waals surface area contributed by atoms with Gasteiger partial charge in [-0.15, -0.1) is 0 Å². The number of rotatable bonds is 5. The van der Waals surface area contributed by atoms with Gasteiger partial charge in [-0.25, -0.2) is 23.6 Å². The lowest BCUT2D eigenvalue weighted by Crippen LogP contribution is -2.54. The van der Waals surface area contributed by atoms with E-state index in [0.717, 1.165) is 6.07 Å². The summed E-state index contributed by atoms with van der Waals surface area (Å²) >= 11 is 0. The van der Waals surface area contributed by atoms with Crippen LogP contribution in [-0.2, 0) is 30.2 Å². The van der Waals surface area contributed by atoms with Crippen molar-refractivity contribution in [3.8, 4) is 5.75 Å². The second-order valence-electron chi connectivity index (χ2n) is 12.9. The van der Waals surface area contributed by atoms with Crippen molar-refractivity contribution in [2.45, 2.75) is 118 Å². The second kappa shape index (κ2) is 12.2. The van der Waals surface area contributed by atoms with Crippen LogP contribution in [0.5, 0.6) is 5.75 Å². The molecule has 0 aliphatic rings. The average Bonchev–Trinajstić information content (AvgIpc) is 2.64. The summed E-state index contributed by atoms with van der Waals surface area (Å²) in [6.07, 6.45) is -3.93. The van der Waals surface area contributed by atoms with Crippen LogP contribution in [0.4, 0.5) is 18.8 Å². The first kappa shape index (κ1) is 33.7. The molecule has 0 aromatic heterocycles. The van der Waals surface area contributed by atoms with Crippen LogP contribution in [0.25, 0.3) is 0 Å². The molecule has 0 N–H and O–H groups in total. The van der Waals surface area contributed by atoms with Gasteiger partial charge in [-0.1, -0.05) is 0 Å². The summed E-state index contributed by atoms with van der Waals surface area (Å²) in [6, 6.07) is 1.69. The van der Waals surface area contributed by atoms with Gasteiger partial charge in [-0.3, -0.25) is 0 Å². The molecular formula is C28H42FNO9. The lowest BCUT2D eigenvalue weighted by molar-refractivity contribution is -0.161. The Balaban J connectivity index is 3.58. The monoisotopic (exact) mass is 554 g/mol. The van der Waals surface area contributed by atoms with Crippen molar-refractivity contribution in [3.05, 3.63) is 29.6 Å². The molecule has 10 nitrogen and oxygen atoms in total. The molecule has 11 heteroatoms. The molecule has 0 saturated carbocycles. The number of imide groups is 1. The molecule has 1 aromatic carbocycles. The molecule has 39 heavy (non-hydrogen) atoms. The molecule has 0 fully saturated rings. The van der Waals surface area contributed by atoms with E-state index in [-0.39, 0.29) is 11.3 Å². The Morgan fingerprint density at radius 1 is 0.718 bits per heavy atom. The van der Waals surface area contributed by atoms with Gasteiger partial charge in [0.2, 0.25) is 0 Å². The van der Waals surface area contributed by atoms with E-state index in [4.69, 9.17) is 23.7 Å². The minimum Gasteiger partial charge on any atom is -0.458 e. The zero-order valence-electron chi connectivity index (χ0n) is 25.0. The van der Waals surface area contributed by atoms with Gasteiger partial charge in [-0.2, -0.15) is 4.90 Å². The fraction of sp³-hybridized carbons (Fsp3) is 0.643. The number of hydrogen-bond acceptors (Lipinski definition) is 9. The summed E-state index contributed by atoms with van der Waals surface area (Å²) in [5.41, 5.74) is -4.07. The highest BCUT2D eigenvalue weighted by atomic mass is 18.2. The molecule has 0 aliphatic heterocycles. The van der Waals surface area contributed by atoms with Crippen LogP contribution in [0.1, 0.15) is 88.6 Å². The molecular weight excluding hydrogens is 512 g/mol. The van der Waals surface area contributed by atoms with E-state index in [9.17, 15) is 23.6 Å². The number of nitrogens with zero attached hydrogens (tertiary/aromatic N) is 1. The Bertz CT molecular complexity index is 1030. The van der Waals surface area contributed by atoms with Crippen molar-refractivity contribution in [2.24, 2.45) is 0 Å². The van der Waals surface area contributed by atoms with Crippen LogP contribution in [0.15, 0.2) is 18.2 Å². The second-order valence-corrected chi connectivity index (χ2v) is 12.9. The molecule has 0 aliphatic carbocycles. The molecule has 1 aromatic rings. The minimum absolute atomic E-state index is 0.0790. The van der Waals surface area contributed by atoms with Gasteiger partial charge in [0.15, 0.2) is 0 Å². The first-order valence-corrected chi connectivity index (χ1v) is 12.5. The van der Waals surface area contributed by atoms with Crippen LogP contribution in [0.3, 0.4) is 0 Å². The highest BCUT2D eigenvalue weighted by Gasteiger charge is 2.42. The largest absolute Gasteiger partial charge is 0.514 e. The smallest absolute Gasteiger partial charge is 0.458 e. The molecule has 0 saturated heterocycles. The zero-order chi connectivity index (χ0) is 30.6. The maximum Gasteiger partial charge on any atom is 0.514 e. The van der Waals surface area contributed by atoms with Gasteiger partial charge in [0.05, 0.1) is 0 Å². The molecule has 0 radical (unpaired) electrons. The lowest BCUT2D eigenvalue weighted by atomic mass is 10.0. The molecule has 1 rings (SSSR count). The first-order valence-electron chi connectivity index (χ1n) is 12.5. The third-order valence-corrected chi connectivity index (χ3v) is 4.19. The lowest BCUT2D eigenvalue weighted by Gasteiger charge is -2.33. The van der Waals surface area contributed by atoms with Crippen molar-refractivity contribution in [1.82, 2.24) is 4.90 Å². The van der Waals surface area contributed by atoms with Gasteiger partial charge in [0.25, 0.3) is 0 Å². The quantitative estimate of drug-likeness (QED) is 0.226. The molecule has 0 heterocycles. The van der Waals surface area contributed by atoms with Crippen molar-refractivity contribution < 1.29 is 47.3 Å². The molecule has 0 spiro atoms. The Morgan fingerprint density at radius 3 is 1.56 bits per heavy atom. The van der Waals surface area contributed by atoms with Crippen molar-refractivity contribution in [2.75, 3.05) is 0 Å². The summed E-state index contributed by atoms with van der Waals surface area (Å²) in [5.74, 6) is -1.87. The van der Waals surface area contributed by atoms with E-state index >= 15 is 0 Å². The Kier molecular flexibility index (Phi) is 10.5. The SMILES string of the molecule is CC(C)(C)OC(=O)Oc1ccc([18F])c(CC(C(=O)OC(C)(C)C)N(C(=O)OC(C)(C)C)C(=O)OC(C)(C)C)c1. The number of benzene rings is 1. The van der Waals surface area contributed by atoms with E-state index in [1.165, 1.54) is 12.1 Å². The first-order chi connectivity index (χ1) is 17.4. The molecule has 2 amide bonds. The van der Waals surface area contributed by atoms with Crippen molar-refractivity contribution in [3.63, 3.8) is 0 Å². The van der Waals surface area contributed by atoms with E-state index in [2.05, 4.69) is 0 Å². The highest BCUT2D eigenvalue weighted by Crippen LogP contribution is 2.25. The fourth-order valence-corrected chi connectivity index (χ4v) is 2.95. The number of halogens is 1. The van der Waals surface area contributed by atoms with E-state index in [1.807, 2.05) is 0 Å². The average molecular weight is 555 g/mol. The normalized spacial score (nSPS) is 13.2. The summed E-state index contributed by atoms with van der Waals surface area (Å²) in [5, 5.41) is 0. The van der Waals surface area contributed by atoms with Crippen molar-refractivity contribution >= 4 is 24.3 Å². The molecule has 220 valence electrons. The van der Waals surface area contributed by atoms with E-state index in [1.54, 1.807) is 83.1 Å². The number of carbonyl (C=O) groups excluding carboxylic acids is 4. The molecule has 1 unspecified atom stereocenters. The molecule has 1 atom stereocenters. The maximum absolute atomic E-state index is 15.0. The number of ether oxygens (including phenoxy) is 5. The number of amides is 2. The highest BCUT2D eigenvalue weighted by molar-refractivity contribution is 5.94. The van der Waals surface area contributed by atoms with Crippen LogP contribution >= 0.6 is 0 Å². The third-order valence-electron chi connectivity index (χ3n) is 4.19. The van der Waals surface area contributed by atoms with Gasteiger partial charge in [-0.05, 0) is 107 Å². The standard InChI is InChI=1S/C28H42FNO9/c1-25(2,3)36-21(31)20(30(22(32)37-26(4,5)6)23(33)38-27(7,8)9)16-17-15-18(13-14-19(17)29)35-24(34)39-28(10,11)12/h13-15,20H,16H2,1-12H3/i29-1. The number of esters is 1. The van der Waals surface area contributed by atoms with Gasteiger partial charge < -0.3 is 23.7 Å². The summed E-state index contributed by atoms with van der Waals surface area (Å²) < 4.78 is 41.5. The van der Waals surface area contributed by atoms with E-state index < -0.39 is 65.0 Å². The van der Waals surface area contributed by atoms with Crippen LogP contribution in [0, 0.1) is 5.82 Å². The predicted molar refractivity (Wildman–Crippen MR) is 141 cm³/mol. The number of hydrogen-bond donors (Lipinski definition) is 0. The summed E-state index contributed by atoms with van der Waals surface area (Å²) in [6.45, 7) is 19.2. The maximum atomic E-state index is 15.0. The third kappa shape index (κ3) is 12.8. The van der Waals surface area contributed by atoms with E-state index in [0.29, 0.717) is 4.90 Å². The fourth-order valence-electron chi connectivity index (χ4n) is 2.95. The number of carbonyl (C=O) groups is 4. The summed E-state index contributed by atoms with van der Waals surface area (Å²) in [7, 11) is 0. The Morgan fingerprint density at radius 2 is 1.15 bits per heavy atom. The molecule has 0 bridgehead atoms. The van der Waals surface area contributed by atoms with Crippen LogP contribution in [0.2, 0.25) is 0 Å². The van der Waals surface area contributed by atoms with Gasteiger partial charge in [0.1, 0.15) is 40.0 Å². The topological polar surface area (TPSA) is 118 Å². The van der Waals surface area contributed by atoms with Gasteiger partial charge >= 0.3 is 24.3 Å². The van der Waals surface area contributed by atoms with Crippen molar-refractivity contribution in [1.29, 1.82) is 0 Å².